The summed E-state index contributed by atoms with van der Waals surface area (Å²) in [4.78, 5) is 12.3. The molecule has 4 nitrogen and oxygen atoms in total. The molecule has 0 saturated carbocycles. The van der Waals surface area contributed by atoms with Crippen molar-refractivity contribution in [2.45, 2.75) is 39.2 Å². The molecule has 0 bridgehead atoms. The molecule has 0 aliphatic carbocycles. The van der Waals surface area contributed by atoms with Crippen LogP contribution in [0.2, 0.25) is 0 Å². The normalized spacial score (nSPS) is 16.0. The summed E-state index contributed by atoms with van der Waals surface area (Å²) in [6.07, 6.45) is 2.82. The molecule has 2 rings (SSSR count). The van der Waals surface area contributed by atoms with Crippen molar-refractivity contribution in [2.75, 3.05) is 26.8 Å². The van der Waals surface area contributed by atoms with Crippen LogP contribution in [-0.4, -0.2) is 38.7 Å². The van der Waals surface area contributed by atoms with E-state index in [-0.39, 0.29) is 5.78 Å². The molecule has 0 unspecified atom stereocenters. The van der Waals surface area contributed by atoms with Gasteiger partial charge in [-0.05, 0) is 63.0 Å². The van der Waals surface area contributed by atoms with Crippen LogP contribution in [-0.2, 0) is 4.74 Å². The molecule has 1 saturated heterocycles. The maximum absolute atomic E-state index is 12.3. The first kappa shape index (κ1) is 16.0. The molecule has 1 aromatic carbocycles. The number of carbonyl (C=O) groups excluding carboxylic acids is 1. The van der Waals surface area contributed by atoms with E-state index in [2.05, 4.69) is 5.32 Å². The van der Waals surface area contributed by atoms with Gasteiger partial charge in [-0.2, -0.15) is 0 Å². The van der Waals surface area contributed by atoms with E-state index in [1.807, 2.05) is 26.0 Å². The van der Waals surface area contributed by atoms with Crippen LogP contribution in [0, 0.1) is 13.8 Å². The first-order chi connectivity index (χ1) is 10.1. The summed E-state index contributed by atoms with van der Waals surface area (Å²) in [5.41, 5.74) is 2.73. The van der Waals surface area contributed by atoms with Crippen LogP contribution in [0.1, 0.15) is 40.7 Å². The number of aryl methyl sites for hydroxylation is 2. The SMILES string of the molecule is COc1cc(C)c(C(=O)CCOC2CCNCC2)cc1C. The van der Waals surface area contributed by atoms with E-state index in [9.17, 15) is 4.79 Å². The number of methoxy groups -OCH3 is 1. The van der Waals surface area contributed by atoms with Crippen LogP contribution in [0.25, 0.3) is 0 Å². The first-order valence-corrected chi connectivity index (χ1v) is 7.62. The second-order valence-electron chi connectivity index (χ2n) is 5.63. The van der Waals surface area contributed by atoms with Gasteiger partial charge in [-0.15, -0.1) is 0 Å². The van der Waals surface area contributed by atoms with Crippen LogP contribution < -0.4 is 10.1 Å². The number of rotatable bonds is 6. The van der Waals surface area contributed by atoms with E-state index >= 15 is 0 Å². The van der Waals surface area contributed by atoms with Crippen molar-refractivity contribution in [3.05, 3.63) is 28.8 Å². The Labute approximate surface area is 126 Å². The van der Waals surface area contributed by atoms with Crippen LogP contribution in [0.3, 0.4) is 0 Å². The smallest absolute Gasteiger partial charge is 0.165 e. The zero-order valence-electron chi connectivity index (χ0n) is 13.2. The van der Waals surface area contributed by atoms with Gasteiger partial charge in [0.15, 0.2) is 5.78 Å². The van der Waals surface area contributed by atoms with Crippen LogP contribution in [0.4, 0.5) is 0 Å². The van der Waals surface area contributed by atoms with Gasteiger partial charge in [0.05, 0.1) is 19.8 Å². The Hall–Kier alpha value is -1.39. The average Bonchev–Trinajstić information content (AvgIpc) is 2.50. The second kappa shape index (κ2) is 7.57. The third kappa shape index (κ3) is 4.29. The summed E-state index contributed by atoms with van der Waals surface area (Å²) in [7, 11) is 1.65. The van der Waals surface area contributed by atoms with Gasteiger partial charge in [-0.25, -0.2) is 0 Å². The fraction of sp³-hybridized carbons (Fsp3) is 0.588. The largest absolute Gasteiger partial charge is 0.496 e. The predicted octanol–water partition coefficient (Wildman–Crippen LogP) is 2.65. The number of nitrogens with one attached hydrogen (secondary N) is 1. The molecule has 1 N–H and O–H groups in total. The maximum atomic E-state index is 12.3. The molecule has 0 aromatic heterocycles. The monoisotopic (exact) mass is 291 g/mol. The van der Waals surface area contributed by atoms with Gasteiger partial charge in [-0.1, -0.05) is 0 Å². The molecule has 0 amide bonds. The lowest BCUT2D eigenvalue weighted by Crippen LogP contribution is -2.32. The number of ether oxygens (including phenoxy) is 2. The number of hydrogen-bond acceptors (Lipinski definition) is 4. The van der Waals surface area contributed by atoms with Crippen molar-refractivity contribution in [3.63, 3.8) is 0 Å². The summed E-state index contributed by atoms with van der Waals surface area (Å²) in [6.45, 7) is 6.43. The van der Waals surface area contributed by atoms with Crippen molar-refractivity contribution < 1.29 is 14.3 Å². The lowest BCUT2D eigenvalue weighted by atomic mass is 9.99. The molecule has 4 heteroatoms. The fourth-order valence-electron chi connectivity index (χ4n) is 2.73. The molecule has 0 atom stereocenters. The lowest BCUT2D eigenvalue weighted by Gasteiger charge is -2.22. The molecular formula is C17H25NO3. The minimum absolute atomic E-state index is 0.146. The van der Waals surface area contributed by atoms with Gasteiger partial charge in [0.25, 0.3) is 0 Å². The van der Waals surface area contributed by atoms with Crippen molar-refractivity contribution in [1.82, 2.24) is 5.32 Å². The van der Waals surface area contributed by atoms with E-state index < -0.39 is 0 Å². The molecule has 1 aromatic rings. The zero-order chi connectivity index (χ0) is 15.2. The standard InChI is InChI=1S/C17H25NO3/c1-12-11-17(20-3)13(2)10-15(12)16(19)6-9-21-14-4-7-18-8-5-14/h10-11,14,18H,4-9H2,1-3H3. The Morgan fingerprint density at radius 1 is 1.24 bits per heavy atom. The van der Waals surface area contributed by atoms with Gasteiger partial charge < -0.3 is 14.8 Å². The molecule has 0 spiro atoms. The summed E-state index contributed by atoms with van der Waals surface area (Å²) < 4.78 is 11.1. The highest BCUT2D eigenvalue weighted by atomic mass is 16.5. The third-order valence-corrected chi connectivity index (χ3v) is 4.01. The van der Waals surface area contributed by atoms with E-state index in [4.69, 9.17) is 9.47 Å². The highest BCUT2D eigenvalue weighted by Gasteiger charge is 2.15. The molecule has 0 radical (unpaired) electrons. The number of benzene rings is 1. The summed E-state index contributed by atoms with van der Waals surface area (Å²) in [5.74, 6) is 0.974. The van der Waals surface area contributed by atoms with Crippen molar-refractivity contribution in [2.24, 2.45) is 0 Å². The Morgan fingerprint density at radius 3 is 2.62 bits per heavy atom. The van der Waals surface area contributed by atoms with Crippen LogP contribution >= 0.6 is 0 Å². The fourth-order valence-corrected chi connectivity index (χ4v) is 2.73. The number of ketones is 1. The quantitative estimate of drug-likeness (QED) is 0.819. The molecule has 21 heavy (non-hydrogen) atoms. The van der Waals surface area contributed by atoms with E-state index in [1.165, 1.54) is 0 Å². The highest BCUT2D eigenvalue weighted by Crippen LogP contribution is 2.23. The Morgan fingerprint density at radius 2 is 1.95 bits per heavy atom. The molecular weight excluding hydrogens is 266 g/mol. The molecule has 1 fully saturated rings. The lowest BCUT2D eigenvalue weighted by molar-refractivity contribution is 0.0313. The summed E-state index contributed by atoms with van der Waals surface area (Å²) >= 11 is 0. The van der Waals surface area contributed by atoms with Crippen LogP contribution in [0.15, 0.2) is 12.1 Å². The van der Waals surface area contributed by atoms with Crippen LogP contribution in [0.5, 0.6) is 5.75 Å². The molecule has 1 heterocycles. The van der Waals surface area contributed by atoms with Gasteiger partial charge in [0.1, 0.15) is 5.75 Å². The van der Waals surface area contributed by atoms with E-state index in [1.54, 1.807) is 7.11 Å². The van der Waals surface area contributed by atoms with Gasteiger partial charge in [0, 0.05) is 12.0 Å². The third-order valence-electron chi connectivity index (χ3n) is 4.01. The Balaban J connectivity index is 1.89. The first-order valence-electron chi connectivity index (χ1n) is 7.62. The Kier molecular flexibility index (Phi) is 5.76. The highest BCUT2D eigenvalue weighted by molar-refractivity contribution is 5.97. The van der Waals surface area contributed by atoms with Crippen molar-refractivity contribution in [3.8, 4) is 5.75 Å². The summed E-state index contributed by atoms with van der Waals surface area (Å²) in [5, 5.41) is 3.31. The van der Waals surface area contributed by atoms with Gasteiger partial charge in [-0.3, -0.25) is 4.79 Å². The minimum Gasteiger partial charge on any atom is -0.496 e. The molecule has 116 valence electrons. The Bertz CT molecular complexity index is 493. The number of carbonyl (C=O) groups is 1. The number of piperidine rings is 1. The van der Waals surface area contributed by atoms with E-state index in [0.717, 1.165) is 48.4 Å². The van der Waals surface area contributed by atoms with Gasteiger partial charge >= 0.3 is 0 Å². The average molecular weight is 291 g/mol. The molecule has 1 aliphatic rings. The number of hydrogen-bond donors (Lipinski definition) is 1. The number of Topliss-reactive ketones (excluding diaryl/α,β-unsaturated/α-hetero) is 1. The summed E-state index contributed by atoms with van der Waals surface area (Å²) in [6, 6.07) is 3.84. The topological polar surface area (TPSA) is 47.6 Å². The molecule has 1 aliphatic heterocycles. The van der Waals surface area contributed by atoms with Crippen molar-refractivity contribution in [1.29, 1.82) is 0 Å². The van der Waals surface area contributed by atoms with Crippen molar-refractivity contribution >= 4 is 5.78 Å². The zero-order valence-corrected chi connectivity index (χ0v) is 13.2. The van der Waals surface area contributed by atoms with Gasteiger partial charge in [0.2, 0.25) is 0 Å². The maximum Gasteiger partial charge on any atom is 0.165 e. The predicted molar refractivity (Wildman–Crippen MR) is 83.3 cm³/mol. The minimum atomic E-state index is 0.146. The second-order valence-corrected chi connectivity index (χ2v) is 5.63. The van der Waals surface area contributed by atoms with E-state index in [0.29, 0.717) is 19.1 Å².